The van der Waals surface area contributed by atoms with Gasteiger partial charge in [0.25, 0.3) is 11.8 Å². The zero-order valence-electron chi connectivity index (χ0n) is 18.4. The molecule has 0 saturated carbocycles. The molecule has 4 rings (SSSR count). The number of aromatic hydroxyl groups is 1. The number of benzene rings is 3. The molecule has 0 radical (unpaired) electrons. The summed E-state index contributed by atoms with van der Waals surface area (Å²) in [5, 5.41) is 29.6. The SMILES string of the molecule is O=C(O)C(CCN1C(=O)c2ccccc2C1=O)C(O)CCc1ccc(-c2ccc(O)cc2)cc1. The summed E-state index contributed by atoms with van der Waals surface area (Å²) in [6.45, 7) is -0.0678. The van der Waals surface area contributed by atoms with E-state index in [0.717, 1.165) is 21.6 Å². The number of phenols is 1. The molecule has 1 aliphatic heterocycles. The van der Waals surface area contributed by atoms with Crippen molar-refractivity contribution in [3.8, 4) is 16.9 Å². The van der Waals surface area contributed by atoms with E-state index in [1.807, 2.05) is 36.4 Å². The lowest BCUT2D eigenvalue weighted by Gasteiger charge is -2.22. The van der Waals surface area contributed by atoms with Crippen LogP contribution in [-0.4, -0.2) is 50.7 Å². The highest BCUT2D eigenvalue weighted by atomic mass is 16.4. The van der Waals surface area contributed by atoms with Crippen molar-refractivity contribution in [2.24, 2.45) is 5.92 Å². The molecule has 7 heteroatoms. The molecule has 3 aromatic rings. The fraction of sp³-hybridized carbons (Fsp3) is 0.222. The largest absolute Gasteiger partial charge is 0.508 e. The molecule has 1 aliphatic rings. The van der Waals surface area contributed by atoms with E-state index < -0.39 is 29.8 Å². The minimum absolute atomic E-state index is 0.0260. The summed E-state index contributed by atoms with van der Waals surface area (Å²) in [6.07, 6.45) is -0.433. The fourth-order valence-corrected chi connectivity index (χ4v) is 4.22. The highest BCUT2D eigenvalue weighted by molar-refractivity contribution is 6.21. The first-order chi connectivity index (χ1) is 16.3. The summed E-state index contributed by atoms with van der Waals surface area (Å²) >= 11 is 0. The average Bonchev–Trinajstić information content (AvgIpc) is 3.08. The highest BCUT2D eigenvalue weighted by Crippen LogP contribution is 2.25. The Labute approximate surface area is 196 Å². The number of rotatable bonds is 9. The summed E-state index contributed by atoms with van der Waals surface area (Å²) < 4.78 is 0. The Bertz CT molecular complexity index is 1170. The van der Waals surface area contributed by atoms with Gasteiger partial charge >= 0.3 is 5.97 Å². The average molecular weight is 459 g/mol. The van der Waals surface area contributed by atoms with Crippen molar-refractivity contribution in [2.45, 2.75) is 25.4 Å². The van der Waals surface area contributed by atoms with Crippen molar-refractivity contribution in [3.05, 3.63) is 89.5 Å². The molecule has 0 aromatic heterocycles. The van der Waals surface area contributed by atoms with Gasteiger partial charge in [0.1, 0.15) is 5.75 Å². The minimum Gasteiger partial charge on any atom is -0.508 e. The molecule has 0 spiro atoms. The number of carbonyl (C=O) groups excluding carboxylic acids is 2. The van der Waals surface area contributed by atoms with Crippen molar-refractivity contribution in [2.75, 3.05) is 6.54 Å². The van der Waals surface area contributed by atoms with Crippen LogP contribution in [0.15, 0.2) is 72.8 Å². The van der Waals surface area contributed by atoms with Gasteiger partial charge in [0, 0.05) is 6.54 Å². The number of aryl methyl sites for hydroxylation is 1. The van der Waals surface area contributed by atoms with E-state index in [2.05, 4.69) is 0 Å². The molecular weight excluding hydrogens is 434 g/mol. The number of carbonyl (C=O) groups is 3. The monoisotopic (exact) mass is 459 g/mol. The van der Waals surface area contributed by atoms with Crippen LogP contribution in [0.1, 0.15) is 39.1 Å². The molecule has 0 saturated heterocycles. The number of nitrogens with zero attached hydrogens (tertiary/aromatic N) is 1. The van der Waals surface area contributed by atoms with Crippen LogP contribution in [0.5, 0.6) is 5.75 Å². The molecule has 0 fully saturated rings. The number of carboxylic acid groups (broad SMARTS) is 1. The van der Waals surface area contributed by atoms with Crippen LogP contribution in [0.4, 0.5) is 0 Å². The second-order valence-corrected chi connectivity index (χ2v) is 8.39. The normalized spacial score (nSPS) is 14.7. The lowest BCUT2D eigenvalue weighted by atomic mass is 9.93. The number of fused-ring (bicyclic) bond motifs is 1. The topological polar surface area (TPSA) is 115 Å². The Morgan fingerprint density at radius 3 is 1.85 bits per heavy atom. The van der Waals surface area contributed by atoms with E-state index >= 15 is 0 Å². The lowest BCUT2D eigenvalue weighted by Crippen LogP contribution is -2.36. The van der Waals surface area contributed by atoms with E-state index in [4.69, 9.17) is 0 Å². The van der Waals surface area contributed by atoms with E-state index in [1.54, 1.807) is 36.4 Å². The van der Waals surface area contributed by atoms with Crippen molar-refractivity contribution in [1.29, 1.82) is 0 Å². The molecule has 0 aliphatic carbocycles. The molecule has 2 amide bonds. The van der Waals surface area contributed by atoms with Crippen LogP contribution < -0.4 is 0 Å². The number of imide groups is 1. The van der Waals surface area contributed by atoms with Crippen molar-refractivity contribution < 1.29 is 29.7 Å². The van der Waals surface area contributed by atoms with Crippen molar-refractivity contribution >= 4 is 17.8 Å². The van der Waals surface area contributed by atoms with E-state index in [-0.39, 0.29) is 25.1 Å². The molecule has 3 aromatic carbocycles. The van der Waals surface area contributed by atoms with E-state index in [1.165, 1.54) is 0 Å². The van der Waals surface area contributed by atoms with Crippen molar-refractivity contribution in [1.82, 2.24) is 4.90 Å². The van der Waals surface area contributed by atoms with E-state index in [0.29, 0.717) is 17.5 Å². The van der Waals surface area contributed by atoms with Gasteiger partial charge in [-0.25, -0.2) is 0 Å². The molecule has 1 heterocycles. The number of hydrogen-bond donors (Lipinski definition) is 3. The Morgan fingerprint density at radius 2 is 1.32 bits per heavy atom. The maximum atomic E-state index is 12.5. The molecule has 2 unspecified atom stereocenters. The second kappa shape index (κ2) is 9.89. The number of aliphatic hydroxyl groups excluding tert-OH is 1. The van der Waals surface area contributed by atoms with Crippen molar-refractivity contribution in [3.63, 3.8) is 0 Å². The predicted molar refractivity (Wildman–Crippen MR) is 125 cm³/mol. The van der Waals surface area contributed by atoms with Crippen LogP contribution in [0, 0.1) is 5.92 Å². The Kier molecular flexibility index (Phi) is 6.75. The standard InChI is InChI=1S/C27H25NO6/c29-20-12-10-19(11-13-20)18-8-5-17(6-9-18)7-14-24(30)23(27(33)34)15-16-28-25(31)21-3-1-2-4-22(21)26(28)32/h1-6,8-13,23-24,29-30H,7,14-16H2,(H,33,34). The van der Waals surface area contributed by atoms with Crippen LogP contribution >= 0.6 is 0 Å². The summed E-state index contributed by atoms with van der Waals surface area (Å²) in [5.41, 5.74) is 3.52. The van der Waals surface area contributed by atoms with Gasteiger partial charge in [-0.05, 0) is 60.2 Å². The second-order valence-electron chi connectivity index (χ2n) is 8.39. The van der Waals surface area contributed by atoms with Crippen LogP contribution in [0.25, 0.3) is 11.1 Å². The Balaban J connectivity index is 1.34. The van der Waals surface area contributed by atoms with Gasteiger partial charge in [0.05, 0.1) is 23.1 Å². The van der Waals surface area contributed by atoms with Crippen LogP contribution in [0.3, 0.4) is 0 Å². The van der Waals surface area contributed by atoms with Crippen LogP contribution in [0.2, 0.25) is 0 Å². The van der Waals surface area contributed by atoms with Crippen LogP contribution in [-0.2, 0) is 11.2 Å². The van der Waals surface area contributed by atoms with Gasteiger partial charge in [-0.1, -0.05) is 48.5 Å². The van der Waals surface area contributed by atoms with E-state index in [9.17, 15) is 29.7 Å². The van der Waals surface area contributed by atoms with Gasteiger partial charge in [-0.2, -0.15) is 0 Å². The molecule has 174 valence electrons. The Hall–Kier alpha value is -3.97. The first-order valence-corrected chi connectivity index (χ1v) is 11.1. The van der Waals surface area contributed by atoms with Gasteiger partial charge in [-0.15, -0.1) is 0 Å². The first kappa shape index (κ1) is 23.2. The number of amides is 2. The number of aliphatic carboxylic acids is 1. The smallest absolute Gasteiger partial charge is 0.309 e. The summed E-state index contributed by atoms with van der Waals surface area (Å²) in [6, 6.07) is 21.1. The number of hydrogen-bond acceptors (Lipinski definition) is 5. The molecule has 7 nitrogen and oxygen atoms in total. The predicted octanol–water partition coefficient (Wildman–Crippen LogP) is 3.74. The van der Waals surface area contributed by atoms with Gasteiger partial charge in [-0.3, -0.25) is 19.3 Å². The molecule has 34 heavy (non-hydrogen) atoms. The fourth-order valence-electron chi connectivity index (χ4n) is 4.22. The Morgan fingerprint density at radius 1 is 0.794 bits per heavy atom. The third kappa shape index (κ3) is 4.84. The highest BCUT2D eigenvalue weighted by Gasteiger charge is 2.36. The quantitative estimate of drug-likeness (QED) is 0.420. The minimum atomic E-state index is -1.16. The maximum absolute atomic E-state index is 12.5. The zero-order valence-corrected chi connectivity index (χ0v) is 18.4. The number of carboxylic acids is 1. The summed E-state index contributed by atoms with van der Waals surface area (Å²) in [4.78, 5) is 37.8. The third-order valence-electron chi connectivity index (χ3n) is 6.21. The summed E-state index contributed by atoms with van der Waals surface area (Å²) in [7, 11) is 0. The molecular formula is C27H25NO6. The van der Waals surface area contributed by atoms with Gasteiger partial charge in [0.15, 0.2) is 0 Å². The molecule has 0 bridgehead atoms. The number of aliphatic hydroxyl groups is 1. The zero-order chi connectivity index (χ0) is 24.2. The maximum Gasteiger partial charge on any atom is 0.309 e. The third-order valence-corrected chi connectivity index (χ3v) is 6.21. The number of phenolic OH excluding ortho intramolecular Hbond substituents is 1. The molecule has 2 atom stereocenters. The summed E-state index contributed by atoms with van der Waals surface area (Å²) in [5.74, 6) is -2.93. The lowest BCUT2D eigenvalue weighted by molar-refractivity contribution is -0.146. The molecule has 3 N–H and O–H groups in total. The van der Waals surface area contributed by atoms with Gasteiger partial charge < -0.3 is 15.3 Å². The first-order valence-electron chi connectivity index (χ1n) is 11.1. The van der Waals surface area contributed by atoms with Gasteiger partial charge in [0.2, 0.25) is 0 Å².